The van der Waals surface area contributed by atoms with Crippen LogP contribution in [0.2, 0.25) is 0 Å². The molecule has 0 aliphatic carbocycles. The maximum absolute atomic E-state index is 12.2. The standard InChI is InChI=1S/C22H30N4O5/c1-14-7-9-17(10-8-14)26-16(3)20(15(2)25-26)24-18(27)13-30-19(28)11-12-23-21(29)31-22(4,5)6/h7-10H,11-13H2,1-6H3,(H,23,29)(H,24,27). The predicted octanol–water partition coefficient (Wildman–Crippen LogP) is 3.19. The zero-order valence-corrected chi connectivity index (χ0v) is 18.9. The first-order valence-corrected chi connectivity index (χ1v) is 10.0. The third-order valence-electron chi connectivity index (χ3n) is 4.20. The molecule has 9 heteroatoms. The molecule has 2 rings (SSSR count). The molecule has 0 aliphatic heterocycles. The van der Waals surface area contributed by atoms with Gasteiger partial charge in [0.05, 0.1) is 29.2 Å². The number of rotatable bonds is 7. The van der Waals surface area contributed by atoms with E-state index in [1.807, 2.05) is 38.1 Å². The molecule has 0 unspecified atom stereocenters. The van der Waals surface area contributed by atoms with E-state index in [9.17, 15) is 14.4 Å². The van der Waals surface area contributed by atoms with Gasteiger partial charge in [0.25, 0.3) is 5.91 Å². The molecule has 0 bridgehead atoms. The van der Waals surface area contributed by atoms with Gasteiger partial charge in [0.1, 0.15) is 5.60 Å². The molecule has 0 saturated heterocycles. The number of carbonyl (C=O) groups excluding carboxylic acids is 3. The highest BCUT2D eigenvalue weighted by Crippen LogP contribution is 2.23. The lowest BCUT2D eigenvalue weighted by atomic mass is 10.2. The fraction of sp³-hybridized carbons (Fsp3) is 0.455. The number of benzene rings is 1. The molecule has 0 saturated carbocycles. The Labute approximate surface area is 182 Å². The first-order chi connectivity index (χ1) is 14.5. The van der Waals surface area contributed by atoms with Crippen LogP contribution in [0.5, 0.6) is 0 Å². The van der Waals surface area contributed by atoms with Crippen molar-refractivity contribution >= 4 is 23.7 Å². The van der Waals surface area contributed by atoms with Crippen LogP contribution in [0.4, 0.5) is 10.5 Å². The fourth-order valence-electron chi connectivity index (χ4n) is 2.74. The second-order valence-corrected chi connectivity index (χ2v) is 8.18. The summed E-state index contributed by atoms with van der Waals surface area (Å²) < 4.78 is 11.8. The number of aryl methyl sites for hydroxylation is 2. The normalized spacial score (nSPS) is 11.0. The quantitative estimate of drug-likeness (QED) is 0.653. The van der Waals surface area contributed by atoms with Gasteiger partial charge in [-0.1, -0.05) is 17.7 Å². The number of alkyl carbamates (subject to hydrolysis) is 1. The molecule has 2 amide bonds. The smallest absolute Gasteiger partial charge is 0.407 e. The Morgan fingerprint density at radius 2 is 1.71 bits per heavy atom. The summed E-state index contributed by atoms with van der Waals surface area (Å²) in [7, 11) is 0. The number of nitrogens with one attached hydrogen (secondary N) is 2. The van der Waals surface area contributed by atoms with Crippen molar-refractivity contribution in [1.29, 1.82) is 0 Å². The van der Waals surface area contributed by atoms with E-state index >= 15 is 0 Å². The van der Waals surface area contributed by atoms with E-state index in [0.717, 1.165) is 16.9 Å². The van der Waals surface area contributed by atoms with E-state index in [4.69, 9.17) is 9.47 Å². The number of carbonyl (C=O) groups is 3. The summed E-state index contributed by atoms with van der Waals surface area (Å²) in [5, 5.41) is 9.69. The molecule has 1 aromatic carbocycles. The predicted molar refractivity (Wildman–Crippen MR) is 116 cm³/mol. The van der Waals surface area contributed by atoms with Gasteiger partial charge in [-0.3, -0.25) is 9.59 Å². The van der Waals surface area contributed by atoms with Gasteiger partial charge in [0.15, 0.2) is 6.61 Å². The van der Waals surface area contributed by atoms with Gasteiger partial charge >= 0.3 is 12.1 Å². The Balaban J connectivity index is 1.83. The molecular weight excluding hydrogens is 400 g/mol. The van der Waals surface area contributed by atoms with Crippen LogP contribution in [0.3, 0.4) is 0 Å². The van der Waals surface area contributed by atoms with Crippen molar-refractivity contribution in [1.82, 2.24) is 15.1 Å². The topological polar surface area (TPSA) is 112 Å². The fourth-order valence-corrected chi connectivity index (χ4v) is 2.74. The largest absolute Gasteiger partial charge is 0.456 e. The van der Waals surface area contributed by atoms with Crippen LogP contribution in [0, 0.1) is 20.8 Å². The van der Waals surface area contributed by atoms with Crippen LogP contribution in [-0.2, 0) is 19.1 Å². The van der Waals surface area contributed by atoms with Crippen molar-refractivity contribution in [2.24, 2.45) is 0 Å². The highest BCUT2D eigenvalue weighted by atomic mass is 16.6. The SMILES string of the molecule is Cc1ccc(-n2nc(C)c(NC(=O)COC(=O)CCNC(=O)OC(C)(C)C)c2C)cc1. The molecule has 2 aromatic rings. The average Bonchev–Trinajstić information content (AvgIpc) is 2.94. The molecule has 1 heterocycles. The average molecular weight is 431 g/mol. The lowest BCUT2D eigenvalue weighted by molar-refractivity contribution is -0.147. The first kappa shape index (κ1) is 23.9. The van der Waals surface area contributed by atoms with Crippen molar-refractivity contribution < 1.29 is 23.9 Å². The minimum absolute atomic E-state index is 0.0525. The lowest BCUT2D eigenvalue weighted by Crippen LogP contribution is -2.34. The molecule has 9 nitrogen and oxygen atoms in total. The number of anilines is 1. The summed E-state index contributed by atoms with van der Waals surface area (Å²) in [6, 6.07) is 7.88. The highest BCUT2D eigenvalue weighted by Gasteiger charge is 2.18. The highest BCUT2D eigenvalue weighted by molar-refractivity contribution is 5.94. The van der Waals surface area contributed by atoms with Crippen molar-refractivity contribution in [3.63, 3.8) is 0 Å². The third kappa shape index (κ3) is 7.44. The molecule has 0 fully saturated rings. The second-order valence-electron chi connectivity index (χ2n) is 8.18. The number of hydrogen-bond donors (Lipinski definition) is 2. The first-order valence-electron chi connectivity index (χ1n) is 10.0. The van der Waals surface area contributed by atoms with Crippen molar-refractivity contribution in [2.75, 3.05) is 18.5 Å². The van der Waals surface area contributed by atoms with Gasteiger partial charge in [-0.15, -0.1) is 0 Å². The molecule has 168 valence electrons. The molecule has 2 N–H and O–H groups in total. The Morgan fingerprint density at radius 1 is 1.06 bits per heavy atom. The molecular formula is C22H30N4O5. The monoisotopic (exact) mass is 430 g/mol. The number of hydrogen-bond acceptors (Lipinski definition) is 6. The maximum atomic E-state index is 12.2. The van der Waals surface area contributed by atoms with E-state index in [-0.39, 0.29) is 13.0 Å². The number of nitrogens with zero attached hydrogens (tertiary/aromatic N) is 2. The molecule has 1 aromatic heterocycles. The van der Waals surface area contributed by atoms with Gasteiger partial charge in [0.2, 0.25) is 0 Å². The number of amides is 2. The van der Waals surface area contributed by atoms with E-state index in [1.54, 1.807) is 32.4 Å². The molecule has 0 spiro atoms. The van der Waals surface area contributed by atoms with Crippen molar-refractivity contribution in [2.45, 2.75) is 53.6 Å². The summed E-state index contributed by atoms with van der Waals surface area (Å²) in [6.45, 7) is 10.5. The zero-order valence-electron chi connectivity index (χ0n) is 18.9. The van der Waals surface area contributed by atoms with E-state index < -0.39 is 30.2 Å². The maximum Gasteiger partial charge on any atom is 0.407 e. The minimum atomic E-state index is -0.619. The van der Waals surface area contributed by atoms with E-state index in [2.05, 4.69) is 15.7 Å². The minimum Gasteiger partial charge on any atom is -0.456 e. The Morgan fingerprint density at radius 3 is 2.32 bits per heavy atom. The van der Waals surface area contributed by atoms with Crippen molar-refractivity contribution in [3.8, 4) is 5.69 Å². The summed E-state index contributed by atoms with van der Waals surface area (Å²) >= 11 is 0. The van der Waals surface area contributed by atoms with Crippen LogP contribution in [0.1, 0.15) is 44.1 Å². The number of aromatic nitrogens is 2. The summed E-state index contributed by atoms with van der Waals surface area (Å²) in [5.41, 5.74) is 3.40. The summed E-state index contributed by atoms with van der Waals surface area (Å²) in [5.74, 6) is -1.07. The number of ether oxygens (including phenoxy) is 2. The van der Waals surface area contributed by atoms with Gasteiger partial charge in [-0.2, -0.15) is 5.10 Å². The van der Waals surface area contributed by atoms with Gasteiger partial charge < -0.3 is 20.1 Å². The molecule has 0 atom stereocenters. The lowest BCUT2D eigenvalue weighted by Gasteiger charge is -2.19. The third-order valence-corrected chi connectivity index (χ3v) is 4.20. The van der Waals surface area contributed by atoms with Gasteiger partial charge in [-0.25, -0.2) is 9.48 Å². The van der Waals surface area contributed by atoms with Gasteiger partial charge in [0, 0.05) is 6.54 Å². The van der Waals surface area contributed by atoms with Crippen LogP contribution in [0.15, 0.2) is 24.3 Å². The molecule has 31 heavy (non-hydrogen) atoms. The van der Waals surface area contributed by atoms with Crippen molar-refractivity contribution in [3.05, 3.63) is 41.2 Å². The summed E-state index contributed by atoms with van der Waals surface area (Å²) in [4.78, 5) is 35.6. The zero-order chi connectivity index (χ0) is 23.2. The van der Waals surface area contributed by atoms with Gasteiger partial charge in [-0.05, 0) is 53.7 Å². The van der Waals surface area contributed by atoms with Crippen LogP contribution >= 0.6 is 0 Å². The van der Waals surface area contributed by atoms with Crippen LogP contribution in [0.25, 0.3) is 5.69 Å². The van der Waals surface area contributed by atoms with E-state index in [1.165, 1.54) is 0 Å². The second kappa shape index (κ2) is 10.1. The summed E-state index contributed by atoms with van der Waals surface area (Å²) in [6.07, 6.45) is -0.690. The molecule has 0 aliphatic rings. The Kier molecular flexibility index (Phi) is 7.79. The Bertz CT molecular complexity index is 942. The molecule has 0 radical (unpaired) electrons. The van der Waals surface area contributed by atoms with Crippen LogP contribution < -0.4 is 10.6 Å². The Hall–Kier alpha value is -3.36. The van der Waals surface area contributed by atoms with E-state index in [0.29, 0.717) is 11.4 Å². The van der Waals surface area contributed by atoms with Crippen LogP contribution in [-0.4, -0.2) is 46.5 Å². The number of esters is 1.